The predicted octanol–water partition coefficient (Wildman–Crippen LogP) is 4.08. The fraction of sp³-hybridized carbons (Fsp3) is 0.700. The van der Waals surface area contributed by atoms with Crippen LogP contribution in [0.5, 0.6) is 0 Å². The lowest BCUT2D eigenvalue weighted by Gasteiger charge is -2.47. The van der Waals surface area contributed by atoms with Crippen LogP contribution in [0.25, 0.3) is 0 Å². The minimum atomic E-state index is -0.00701. The number of benzene rings is 1. The van der Waals surface area contributed by atoms with E-state index in [4.69, 9.17) is 4.74 Å². The summed E-state index contributed by atoms with van der Waals surface area (Å²) in [6.45, 7) is 12.3. The molecule has 1 atom stereocenters. The standard InChI is InChI=1S/C20H32N2O/c1-17-6-8-18(9-7-17)21-15-20(16-22-11-4-5-12-22)10-13-23-19(2,3)14-20/h6-9,21H,4-5,10-16H2,1-3H3/t20-/m0/s1. The normalized spacial score (nSPS) is 28.0. The Balaban J connectivity index is 1.70. The van der Waals surface area contributed by atoms with E-state index in [2.05, 4.69) is 55.3 Å². The molecule has 0 saturated carbocycles. The first-order valence-corrected chi connectivity index (χ1v) is 9.13. The average molecular weight is 316 g/mol. The first-order valence-electron chi connectivity index (χ1n) is 9.13. The van der Waals surface area contributed by atoms with Gasteiger partial charge in [0.1, 0.15) is 0 Å². The molecule has 1 aromatic rings. The van der Waals surface area contributed by atoms with Crippen LogP contribution in [0.2, 0.25) is 0 Å². The van der Waals surface area contributed by atoms with Crippen molar-refractivity contribution in [2.24, 2.45) is 5.41 Å². The van der Waals surface area contributed by atoms with Crippen LogP contribution in [0.15, 0.2) is 24.3 Å². The second-order valence-corrected chi connectivity index (χ2v) is 8.24. The third kappa shape index (κ3) is 4.48. The molecular formula is C20H32N2O. The Bertz CT molecular complexity index is 505. The van der Waals surface area contributed by atoms with Crippen molar-refractivity contribution in [2.75, 3.05) is 38.1 Å². The van der Waals surface area contributed by atoms with Crippen molar-refractivity contribution < 1.29 is 4.74 Å². The third-order valence-electron chi connectivity index (χ3n) is 5.40. The minimum Gasteiger partial charge on any atom is -0.384 e. The summed E-state index contributed by atoms with van der Waals surface area (Å²) < 4.78 is 6.01. The Morgan fingerprint density at radius 2 is 1.83 bits per heavy atom. The number of aryl methyl sites for hydroxylation is 1. The molecule has 23 heavy (non-hydrogen) atoms. The highest BCUT2D eigenvalue weighted by atomic mass is 16.5. The summed E-state index contributed by atoms with van der Waals surface area (Å²) in [5, 5.41) is 3.71. The highest BCUT2D eigenvalue weighted by Crippen LogP contribution is 2.40. The van der Waals surface area contributed by atoms with Crippen molar-refractivity contribution in [1.82, 2.24) is 4.90 Å². The van der Waals surface area contributed by atoms with Crippen LogP contribution < -0.4 is 5.32 Å². The molecule has 3 nitrogen and oxygen atoms in total. The Labute approximate surface area is 141 Å². The molecule has 3 rings (SSSR count). The largest absolute Gasteiger partial charge is 0.384 e. The minimum absolute atomic E-state index is 0.00701. The van der Waals surface area contributed by atoms with E-state index < -0.39 is 0 Å². The highest BCUT2D eigenvalue weighted by molar-refractivity contribution is 5.44. The molecule has 2 aliphatic heterocycles. The van der Waals surface area contributed by atoms with Gasteiger partial charge < -0.3 is 15.0 Å². The summed E-state index contributed by atoms with van der Waals surface area (Å²) in [7, 11) is 0. The van der Waals surface area contributed by atoms with Gasteiger partial charge in [0.2, 0.25) is 0 Å². The van der Waals surface area contributed by atoms with Gasteiger partial charge in [-0.15, -0.1) is 0 Å². The maximum atomic E-state index is 6.01. The molecule has 3 heteroatoms. The molecule has 128 valence electrons. The molecule has 0 spiro atoms. The fourth-order valence-corrected chi connectivity index (χ4v) is 4.30. The van der Waals surface area contributed by atoms with E-state index >= 15 is 0 Å². The number of rotatable bonds is 5. The number of hydrogen-bond acceptors (Lipinski definition) is 3. The van der Waals surface area contributed by atoms with Gasteiger partial charge in [-0.2, -0.15) is 0 Å². The molecule has 0 radical (unpaired) electrons. The number of ether oxygens (including phenoxy) is 1. The second-order valence-electron chi connectivity index (χ2n) is 8.24. The van der Waals surface area contributed by atoms with Crippen molar-refractivity contribution in [3.63, 3.8) is 0 Å². The Kier molecular flexibility index (Phi) is 4.98. The van der Waals surface area contributed by atoms with Crippen molar-refractivity contribution in [1.29, 1.82) is 0 Å². The monoisotopic (exact) mass is 316 g/mol. The van der Waals surface area contributed by atoms with Gasteiger partial charge in [0.15, 0.2) is 0 Å². The van der Waals surface area contributed by atoms with E-state index in [0.717, 1.165) is 26.0 Å². The van der Waals surface area contributed by atoms with Crippen molar-refractivity contribution >= 4 is 5.69 Å². The quantitative estimate of drug-likeness (QED) is 0.886. The maximum absolute atomic E-state index is 6.01. The second kappa shape index (κ2) is 6.82. The van der Waals surface area contributed by atoms with Gasteiger partial charge in [-0.05, 0) is 71.7 Å². The predicted molar refractivity (Wildman–Crippen MR) is 97.0 cm³/mol. The summed E-state index contributed by atoms with van der Waals surface area (Å²) >= 11 is 0. The summed E-state index contributed by atoms with van der Waals surface area (Å²) in [5.74, 6) is 0. The summed E-state index contributed by atoms with van der Waals surface area (Å²) in [6.07, 6.45) is 5.02. The molecule has 0 aliphatic carbocycles. The zero-order valence-electron chi connectivity index (χ0n) is 15.0. The van der Waals surface area contributed by atoms with Crippen LogP contribution in [0, 0.1) is 12.3 Å². The Morgan fingerprint density at radius 1 is 1.13 bits per heavy atom. The molecule has 0 amide bonds. The van der Waals surface area contributed by atoms with E-state index in [9.17, 15) is 0 Å². The molecule has 1 N–H and O–H groups in total. The van der Waals surface area contributed by atoms with Crippen LogP contribution in [-0.2, 0) is 4.74 Å². The molecular weight excluding hydrogens is 284 g/mol. The fourth-order valence-electron chi connectivity index (χ4n) is 4.30. The summed E-state index contributed by atoms with van der Waals surface area (Å²) in [5.41, 5.74) is 2.86. The number of nitrogens with one attached hydrogen (secondary N) is 1. The first-order chi connectivity index (χ1) is 11.0. The molecule has 0 bridgehead atoms. The number of likely N-dealkylation sites (tertiary alicyclic amines) is 1. The molecule has 1 aromatic carbocycles. The number of hydrogen-bond donors (Lipinski definition) is 1. The van der Waals surface area contributed by atoms with E-state index in [1.54, 1.807) is 0 Å². The first kappa shape index (κ1) is 16.8. The third-order valence-corrected chi connectivity index (χ3v) is 5.40. The van der Waals surface area contributed by atoms with Crippen LogP contribution in [0.4, 0.5) is 5.69 Å². The summed E-state index contributed by atoms with van der Waals surface area (Å²) in [4.78, 5) is 2.66. The molecule has 2 aliphatic rings. The van der Waals surface area contributed by atoms with E-state index in [-0.39, 0.29) is 5.60 Å². The van der Waals surface area contributed by atoms with Gasteiger partial charge in [0, 0.05) is 30.8 Å². The maximum Gasteiger partial charge on any atom is 0.0633 e. The van der Waals surface area contributed by atoms with Crippen LogP contribution in [0.1, 0.15) is 45.1 Å². The van der Waals surface area contributed by atoms with E-state index in [1.165, 1.54) is 43.7 Å². The van der Waals surface area contributed by atoms with Gasteiger partial charge in [-0.1, -0.05) is 17.7 Å². The Morgan fingerprint density at radius 3 is 2.48 bits per heavy atom. The lowest BCUT2D eigenvalue weighted by atomic mass is 9.73. The van der Waals surface area contributed by atoms with E-state index in [1.807, 2.05) is 0 Å². The molecule has 2 saturated heterocycles. The number of anilines is 1. The smallest absolute Gasteiger partial charge is 0.0633 e. The van der Waals surface area contributed by atoms with Crippen LogP contribution in [0.3, 0.4) is 0 Å². The van der Waals surface area contributed by atoms with Gasteiger partial charge in [-0.3, -0.25) is 0 Å². The lowest BCUT2D eigenvalue weighted by Crippen LogP contribution is -2.50. The summed E-state index contributed by atoms with van der Waals surface area (Å²) in [6, 6.07) is 8.76. The highest BCUT2D eigenvalue weighted by Gasteiger charge is 2.42. The van der Waals surface area contributed by atoms with Gasteiger partial charge in [0.25, 0.3) is 0 Å². The lowest BCUT2D eigenvalue weighted by molar-refractivity contribution is -0.107. The van der Waals surface area contributed by atoms with Crippen LogP contribution >= 0.6 is 0 Å². The molecule has 2 heterocycles. The Hall–Kier alpha value is -1.06. The molecule has 0 unspecified atom stereocenters. The zero-order valence-corrected chi connectivity index (χ0v) is 15.0. The van der Waals surface area contributed by atoms with Gasteiger partial charge >= 0.3 is 0 Å². The molecule has 0 aromatic heterocycles. The number of nitrogens with zero attached hydrogens (tertiary/aromatic N) is 1. The molecule has 2 fully saturated rings. The SMILES string of the molecule is Cc1ccc(NC[C@]2(CN3CCCC3)CCOC(C)(C)C2)cc1. The van der Waals surface area contributed by atoms with Gasteiger partial charge in [0.05, 0.1) is 5.60 Å². The van der Waals surface area contributed by atoms with Crippen LogP contribution in [-0.4, -0.2) is 43.3 Å². The van der Waals surface area contributed by atoms with Crippen molar-refractivity contribution in [2.45, 2.75) is 52.1 Å². The van der Waals surface area contributed by atoms with Crippen molar-refractivity contribution in [3.05, 3.63) is 29.8 Å². The zero-order chi connectivity index (χ0) is 16.3. The van der Waals surface area contributed by atoms with Gasteiger partial charge in [-0.25, -0.2) is 0 Å². The topological polar surface area (TPSA) is 24.5 Å². The average Bonchev–Trinajstić information content (AvgIpc) is 2.98. The van der Waals surface area contributed by atoms with E-state index in [0.29, 0.717) is 5.41 Å². The van der Waals surface area contributed by atoms with Crippen molar-refractivity contribution in [3.8, 4) is 0 Å².